The van der Waals surface area contributed by atoms with Crippen LogP contribution in [0.1, 0.15) is 6.92 Å². The third kappa shape index (κ3) is 4.74. The Morgan fingerprint density at radius 1 is 1.15 bits per heavy atom. The maximum atomic E-state index is 13.7. The molecule has 0 aromatic heterocycles. The molecule has 1 atom stereocenters. The number of thioether (sulfide) groups is 1. The van der Waals surface area contributed by atoms with E-state index in [-0.39, 0.29) is 10.8 Å². The Hall–Kier alpha value is -2.12. The highest BCUT2D eigenvalue weighted by Crippen LogP contribution is 2.27. The lowest BCUT2D eigenvalue weighted by Gasteiger charge is -2.28. The lowest BCUT2D eigenvalue weighted by Crippen LogP contribution is -2.36. The van der Waals surface area contributed by atoms with Crippen molar-refractivity contribution in [3.05, 3.63) is 54.1 Å². The number of morpholine rings is 1. The summed E-state index contributed by atoms with van der Waals surface area (Å²) in [6.45, 7) is 4.82. The topological polar surface area (TPSA) is 41.6 Å². The van der Waals surface area contributed by atoms with Crippen LogP contribution < -0.4 is 10.2 Å². The molecule has 1 amide bonds. The number of carbonyl (C=O) groups is 1. The van der Waals surface area contributed by atoms with Gasteiger partial charge in [-0.3, -0.25) is 4.79 Å². The van der Waals surface area contributed by atoms with Gasteiger partial charge in [-0.15, -0.1) is 11.8 Å². The molecule has 0 saturated carbocycles. The molecule has 1 fully saturated rings. The molecule has 0 radical (unpaired) electrons. The van der Waals surface area contributed by atoms with E-state index in [0.717, 1.165) is 36.6 Å². The molecule has 2 aromatic carbocycles. The smallest absolute Gasteiger partial charge is 0.237 e. The summed E-state index contributed by atoms with van der Waals surface area (Å²) in [7, 11) is 0. The molecule has 4 nitrogen and oxygen atoms in total. The van der Waals surface area contributed by atoms with Crippen LogP contribution in [-0.4, -0.2) is 37.5 Å². The molecular formula is C19H20F2N2O2S. The van der Waals surface area contributed by atoms with Crippen molar-refractivity contribution in [3.8, 4) is 0 Å². The van der Waals surface area contributed by atoms with Gasteiger partial charge in [0.05, 0.1) is 18.5 Å². The summed E-state index contributed by atoms with van der Waals surface area (Å²) in [5, 5.41) is 2.30. The normalized spacial score (nSPS) is 15.6. The number of rotatable bonds is 5. The van der Waals surface area contributed by atoms with Gasteiger partial charge >= 0.3 is 0 Å². The Morgan fingerprint density at radius 2 is 1.85 bits per heavy atom. The standard InChI is InChI=1S/C19H20F2N2O2S/c1-13(26-18-7-2-14(20)12-17(18)21)19(24)22-15-3-5-16(6-4-15)23-8-10-25-11-9-23/h2-7,12-13H,8-11H2,1H3,(H,22,24)/t13-/m0/s1. The van der Waals surface area contributed by atoms with Crippen molar-refractivity contribution in [2.75, 3.05) is 36.5 Å². The van der Waals surface area contributed by atoms with Gasteiger partial charge in [-0.05, 0) is 43.3 Å². The largest absolute Gasteiger partial charge is 0.378 e. The minimum Gasteiger partial charge on any atom is -0.378 e. The van der Waals surface area contributed by atoms with E-state index in [9.17, 15) is 13.6 Å². The second-order valence-corrected chi connectivity index (χ2v) is 7.35. The SMILES string of the molecule is C[C@H](Sc1ccc(F)cc1F)C(=O)Nc1ccc(N2CCOCC2)cc1. The number of halogens is 2. The highest BCUT2D eigenvalue weighted by atomic mass is 32.2. The average molecular weight is 378 g/mol. The van der Waals surface area contributed by atoms with Crippen LogP contribution in [0.4, 0.5) is 20.2 Å². The maximum Gasteiger partial charge on any atom is 0.237 e. The first kappa shape index (κ1) is 18.7. The number of amides is 1. The first-order chi connectivity index (χ1) is 12.5. The van der Waals surface area contributed by atoms with Crippen LogP contribution in [0.15, 0.2) is 47.4 Å². The average Bonchev–Trinajstić information content (AvgIpc) is 2.65. The van der Waals surface area contributed by atoms with Crippen molar-refractivity contribution in [1.29, 1.82) is 0 Å². The van der Waals surface area contributed by atoms with Gasteiger partial charge in [0.1, 0.15) is 11.6 Å². The summed E-state index contributed by atoms with van der Waals surface area (Å²) in [5.74, 6) is -1.54. The summed E-state index contributed by atoms with van der Waals surface area (Å²) in [5.41, 5.74) is 1.76. The van der Waals surface area contributed by atoms with Crippen molar-refractivity contribution in [3.63, 3.8) is 0 Å². The van der Waals surface area contributed by atoms with E-state index in [4.69, 9.17) is 4.74 Å². The van der Waals surface area contributed by atoms with Gasteiger partial charge in [-0.2, -0.15) is 0 Å². The van der Waals surface area contributed by atoms with Gasteiger partial charge in [0.2, 0.25) is 5.91 Å². The molecule has 0 aliphatic carbocycles. The van der Waals surface area contributed by atoms with Crippen molar-refractivity contribution < 1.29 is 18.3 Å². The number of ether oxygens (including phenoxy) is 1. The van der Waals surface area contributed by atoms with E-state index >= 15 is 0 Å². The van der Waals surface area contributed by atoms with E-state index in [1.54, 1.807) is 6.92 Å². The summed E-state index contributed by atoms with van der Waals surface area (Å²) in [6, 6.07) is 10.9. The number of nitrogens with zero attached hydrogens (tertiary/aromatic N) is 1. The van der Waals surface area contributed by atoms with Gasteiger partial charge < -0.3 is 15.0 Å². The van der Waals surface area contributed by atoms with E-state index in [0.29, 0.717) is 18.9 Å². The lowest BCUT2D eigenvalue weighted by molar-refractivity contribution is -0.115. The number of carbonyl (C=O) groups excluding carboxylic acids is 1. The molecule has 1 saturated heterocycles. The Morgan fingerprint density at radius 3 is 2.50 bits per heavy atom. The zero-order valence-electron chi connectivity index (χ0n) is 14.4. The maximum absolute atomic E-state index is 13.7. The molecule has 7 heteroatoms. The molecule has 26 heavy (non-hydrogen) atoms. The molecule has 1 N–H and O–H groups in total. The van der Waals surface area contributed by atoms with E-state index in [1.807, 2.05) is 24.3 Å². The van der Waals surface area contributed by atoms with E-state index < -0.39 is 16.9 Å². The van der Waals surface area contributed by atoms with Crippen LogP contribution in [0, 0.1) is 11.6 Å². The van der Waals surface area contributed by atoms with Gasteiger partial charge in [-0.25, -0.2) is 8.78 Å². The van der Waals surface area contributed by atoms with E-state index in [2.05, 4.69) is 10.2 Å². The predicted molar refractivity (Wildman–Crippen MR) is 99.8 cm³/mol. The van der Waals surface area contributed by atoms with Gasteiger partial charge in [0.25, 0.3) is 0 Å². The van der Waals surface area contributed by atoms with Crippen molar-refractivity contribution in [1.82, 2.24) is 0 Å². The predicted octanol–water partition coefficient (Wildman–Crippen LogP) is 3.92. The molecule has 2 aromatic rings. The van der Waals surface area contributed by atoms with Crippen molar-refractivity contribution in [2.24, 2.45) is 0 Å². The Labute approximate surface area is 155 Å². The highest BCUT2D eigenvalue weighted by molar-refractivity contribution is 8.00. The fourth-order valence-electron chi connectivity index (χ4n) is 2.64. The van der Waals surface area contributed by atoms with Crippen LogP contribution in [0.25, 0.3) is 0 Å². The second kappa shape index (κ2) is 8.51. The Kier molecular flexibility index (Phi) is 6.11. The number of benzene rings is 2. The van der Waals surface area contributed by atoms with Crippen LogP contribution in [0.2, 0.25) is 0 Å². The minimum atomic E-state index is -0.662. The molecule has 0 spiro atoms. The summed E-state index contributed by atoms with van der Waals surface area (Å²) >= 11 is 1.06. The summed E-state index contributed by atoms with van der Waals surface area (Å²) in [4.78, 5) is 14.8. The zero-order valence-corrected chi connectivity index (χ0v) is 15.2. The molecule has 0 unspecified atom stereocenters. The van der Waals surface area contributed by atoms with Gasteiger partial charge in [0.15, 0.2) is 0 Å². The fraction of sp³-hybridized carbons (Fsp3) is 0.316. The number of nitrogens with one attached hydrogen (secondary N) is 1. The van der Waals surface area contributed by atoms with Crippen LogP contribution in [0.5, 0.6) is 0 Å². The van der Waals surface area contributed by atoms with Gasteiger partial charge in [-0.1, -0.05) is 0 Å². The molecule has 1 heterocycles. The molecule has 3 rings (SSSR count). The molecule has 1 aliphatic heterocycles. The van der Waals surface area contributed by atoms with Crippen LogP contribution in [-0.2, 0) is 9.53 Å². The fourth-order valence-corrected chi connectivity index (χ4v) is 3.50. The minimum absolute atomic E-state index is 0.238. The third-order valence-corrected chi connectivity index (χ3v) is 5.23. The zero-order chi connectivity index (χ0) is 18.5. The second-order valence-electron chi connectivity index (χ2n) is 5.97. The molecule has 0 bridgehead atoms. The monoisotopic (exact) mass is 378 g/mol. The highest BCUT2D eigenvalue weighted by Gasteiger charge is 2.17. The van der Waals surface area contributed by atoms with Crippen molar-refractivity contribution >= 4 is 29.0 Å². The lowest BCUT2D eigenvalue weighted by atomic mass is 10.2. The number of hydrogen-bond donors (Lipinski definition) is 1. The van der Waals surface area contributed by atoms with Crippen molar-refractivity contribution in [2.45, 2.75) is 17.1 Å². The molecule has 138 valence electrons. The first-order valence-electron chi connectivity index (χ1n) is 8.38. The Balaban J connectivity index is 1.58. The summed E-state index contributed by atoms with van der Waals surface area (Å²) < 4.78 is 32.0. The summed E-state index contributed by atoms with van der Waals surface area (Å²) in [6.07, 6.45) is 0. The van der Waals surface area contributed by atoms with E-state index in [1.165, 1.54) is 12.1 Å². The first-order valence-corrected chi connectivity index (χ1v) is 9.26. The molecular weight excluding hydrogens is 358 g/mol. The quantitative estimate of drug-likeness (QED) is 0.801. The molecule has 1 aliphatic rings. The number of anilines is 2. The Bertz CT molecular complexity index is 765. The van der Waals surface area contributed by atoms with Gasteiger partial charge in [0, 0.05) is 35.4 Å². The number of hydrogen-bond acceptors (Lipinski definition) is 4. The third-order valence-electron chi connectivity index (χ3n) is 4.08. The van der Waals surface area contributed by atoms with Crippen LogP contribution >= 0.6 is 11.8 Å². The van der Waals surface area contributed by atoms with Crippen LogP contribution in [0.3, 0.4) is 0 Å².